The van der Waals surface area contributed by atoms with Gasteiger partial charge >= 0.3 is 0 Å². The summed E-state index contributed by atoms with van der Waals surface area (Å²) in [6, 6.07) is 11.4. The van der Waals surface area contributed by atoms with E-state index in [1.54, 1.807) is 6.07 Å². The fraction of sp³-hybridized carbons (Fsp3) is 0.286. The lowest BCUT2D eigenvalue weighted by Crippen LogP contribution is -2.31. The van der Waals surface area contributed by atoms with E-state index in [9.17, 15) is 9.59 Å². The Bertz CT molecular complexity index is 995. The summed E-state index contributed by atoms with van der Waals surface area (Å²) >= 11 is 0. The first kappa shape index (κ1) is 18.9. The minimum Gasteiger partial charge on any atom is -0.373 e. The average molecular weight is 394 g/mol. The first-order valence-corrected chi connectivity index (χ1v) is 9.54. The number of carbonyl (C=O) groups excluding carboxylic acids is 2. The minimum absolute atomic E-state index is 0.107. The maximum Gasteiger partial charge on any atom is 0.268 e. The molecule has 8 nitrogen and oxygen atoms in total. The highest BCUT2D eigenvalue weighted by Crippen LogP contribution is 2.24. The number of hydrogen-bond donors (Lipinski definition) is 2. The molecule has 8 heteroatoms. The van der Waals surface area contributed by atoms with Crippen LogP contribution < -0.4 is 10.6 Å². The third kappa shape index (κ3) is 3.93. The van der Waals surface area contributed by atoms with Crippen LogP contribution in [-0.4, -0.2) is 28.1 Å². The largest absolute Gasteiger partial charge is 0.373 e. The maximum absolute atomic E-state index is 13.1. The summed E-state index contributed by atoms with van der Waals surface area (Å²) in [5.41, 5.74) is 3.04. The molecule has 29 heavy (non-hydrogen) atoms. The van der Waals surface area contributed by atoms with Crippen LogP contribution in [0.1, 0.15) is 51.5 Å². The lowest BCUT2D eigenvalue weighted by atomic mass is 10.0. The third-order valence-electron chi connectivity index (χ3n) is 4.99. The van der Waals surface area contributed by atoms with Gasteiger partial charge < -0.3 is 24.5 Å². The van der Waals surface area contributed by atoms with E-state index in [4.69, 9.17) is 9.26 Å². The molecular formula is C21H22N4O4. The molecule has 0 aliphatic carbocycles. The van der Waals surface area contributed by atoms with Crippen molar-refractivity contribution in [1.82, 2.24) is 15.0 Å². The SMILES string of the molecule is CC[C@@H](NC(=O)c1cc(C(=O)Nc2cnoc2)c2n1CCOC2)c1ccccc1. The molecule has 0 bridgehead atoms. The fourth-order valence-corrected chi connectivity index (χ4v) is 3.51. The predicted molar refractivity (Wildman–Crippen MR) is 105 cm³/mol. The molecule has 0 spiro atoms. The highest BCUT2D eigenvalue weighted by Gasteiger charge is 2.27. The minimum atomic E-state index is -0.336. The van der Waals surface area contributed by atoms with Crippen LogP contribution in [0.4, 0.5) is 5.69 Å². The van der Waals surface area contributed by atoms with Gasteiger partial charge in [0.1, 0.15) is 17.6 Å². The van der Waals surface area contributed by atoms with Crippen molar-refractivity contribution in [1.29, 1.82) is 0 Å². The molecule has 0 radical (unpaired) electrons. The smallest absolute Gasteiger partial charge is 0.268 e. The maximum atomic E-state index is 13.1. The Morgan fingerprint density at radius 3 is 2.79 bits per heavy atom. The Morgan fingerprint density at radius 1 is 1.24 bits per heavy atom. The van der Waals surface area contributed by atoms with Crippen molar-refractivity contribution in [3.8, 4) is 0 Å². The monoisotopic (exact) mass is 394 g/mol. The molecule has 3 heterocycles. The van der Waals surface area contributed by atoms with Gasteiger partial charge in [0.2, 0.25) is 0 Å². The van der Waals surface area contributed by atoms with Crippen LogP contribution in [0.2, 0.25) is 0 Å². The summed E-state index contributed by atoms with van der Waals surface area (Å²) in [6.45, 7) is 3.30. The van der Waals surface area contributed by atoms with Crippen LogP contribution in [0.15, 0.2) is 53.4 Å². The van der Waals surface area contributed by atoms with Gasteiger partial charge in [-0.15, -0.1) is 0 Å². The number of benzene rings is 1. The summed E-state index contributed by atoms with van der Waals surface area (Å²) in [4.78, 5) is 25.8. The van der Waals surface area contributed by atoms with Crippen molar-refractivity contribution in [3.05, 3.63) is 71.4 Å². The van der Waals surface area contributed by atoms with E-state index in [2.05, 4.69) is 15.8 Å². The van der Waals surface area contributed by atoms with E-state index in [-0.39, 0.29) is 24.5 Å². The summed E-state index contributed by atoms with van der Waals surface area (Å²) in [6.07, 6.45) is 3.51. The Balaban J connectivity index is 1.60. The van der Waals surface area contributed by atoms with Gasteiger partial charge in [0.15, 0.2) is 0 Å². The summed E-state index contributed by atoms with van der Waals surface area (Å²) in [5.74, 6) is -0.551. The molecule has 1 aliphatic rings. The molecule has 0 saturated heterocycles. The lowest BCUT2D eigenvalue weighted by molar-refractivity contribution is 0.0783. The molecule has 2 amide bonds. The van der Waals surface area contributed by atoms with Crippen LogP contribution in [0.5, 0.6) is 0 Å². The quantitative estimate of drug-likeness (QED) is 0.669. The molecule has 1 atom stereocenters. The molecule has 150 valence electrons. The van der Waals surface area contributed by atoms with E-state index in [1.807, 2.05) is 41.8 Å². The van der Waals surface area contributed by atoms with E-state index >= 15 is 0 Å². The number of nitrogens with one attached hydrogen (secondary N) is 2. The number of hydrogen-bond acceptors (Lipinski definition) is 5. The topological polar surface area (TPSA) is 98.4 Å². The second-order valence-corrected chi connectivity index (χ2v) is 6.81. The van der Waals surface area contributed by atoms with E-state index < -0.39 is 0 Å². The number of nitrogens with zero attached hydrogens (tertiary/aromatic N) is 2. The number of aromatic nitrogens is 2. The molecule has 0 saturated carbocycles. The van der Waals surface area contributed by atoms with Gasteiger partial charge in [-0.1, -0.05) is 42.4 Å². The van der Waals surface area contributed by atoms with Crippen LogP contribution >= 0.6 is 0 Å². The van der Waals surface area contributed by atoms with E-state index in [1.165, 1.54) is 12.5 Å². The zero-order valence-electron chi connectivity index (χ0n) is 16.1. The van der Waals surface area contributed by atoms with Gasteiger partial charge in [0.05, 0.1) is 36.7 Å². The molecule has 1 aromatic carbocycles. The highest BCUT2D eigenvalue weighted by atomic mass is 16.5. The number of anilines is 1. The van der Waals surface area contributed by atoms with Crippen molar-refractivity contribution in [2.75, 3.05) is 11.9 Å². The van der Waals surface area contributed by atoms with Gasteiger partial charge in [-0.3, -0.25) is 9.59 Å². The van der Waals surface area contributed by atoms with Gasteiger partial charge in [-0.2, -0.15) is 0 Å². The second-order valence-electron chi connectivity index (χ2n) is 6.81. The zero-order valence-corrected chi connectivity index (χ0v) is 16.1. The second kappa shape index (κ2) is 8.32. The Morgan fingerprint density at radius 2 is 2.07 bits per heavy atom. The third-order valence-corrected chi connectivity index (χ3v) is 4.99. The number of carbonyl (C=O) groups is 2. The number of fused-ring (bicyclic) bond motifs is 1. The molecule has 3 aromatic rings. The zero-order chi connectivity index (χ0) is 20.2. The average Bonchev–Trinajstić information content (AvgIpc) is 3.40. The normalized spacial score (nSPS) is 14.1. The van der Waals surface area contributed by atoms with E-state index in [0.29, 0.717) is 35.8 Å². The molecule has 0 unspecified atom stereocenters. The molecule has 1 aliphatic heterocycles. The molecule has 4 rings (SSSR count). The van der Waals surface area contributed by atoms with Crippen LogP contribution in [0, 0.1) is 0 Å². The van der Waals surface area contributed by atoms with Crippen molar-refractivity contribution >= 4 is 17.5 Å². The van der Waals surface area contributed by atoms with E-state index in [0.717, 1.165) is 12.0 Å². The predicted octanol–water partition coefficient (Wildman–Crippen LogP) is 3.14. The Kier molecular flexibility index (Phi) is 5.44. The Labute approximate surface area is 167 Å². The van der Waals surface area contributed by atoms with Gasteiger partial charge in [-0.05, 0) is 18.1 Å². The Hall–Kier alpha value is -3.39. The summed E-state index contributed by atoms with van der Waals surface area (Å²) in [7, 11) is 0. The molecular weight excluding hydrogens is 372 g/mol. The van der Waals surface area contributed by atoms with Crippen LogP contribution in [0.3, 0.4) is 0 Å². The van der Waals surface area contributed by atoms with Gasteiger partial charge in [0, 0.05) is 6.54 Å². The van der Waals surface area contributed by atoms with Gasteiger partial charge in [-0.25, -0.2) is 0 Å². The van der Waals surface area contributed by atoms with Crippen LogP contribution in [-0.2, 0) is 17.9 Å². The van der Waals surface area contributed by atoms with Crippen molar-refractivity contribution in [3.63, 3.8) is 0 Å². The number of rotatable bonds is 6. The first-order valence-electron chi connectivity index (χ1n) is 9.54. The summed E-state index contributed by atoms with van der Waals surface area (Å²) < 4.78 is 12.1. The fourth-order valence-electron chi connectivity index (χ4n) is 3.51. The standard InChI is InChI=1S/C21H22N4O4/c1-2-17(14-6-4-3-5-7-14)24-21(27)18-10-16(19-13-28-9-8-25(18)19)20(26)23-15-11-22-29-12-15/h3-7,10-12,17H,2,8-9,13H2,1H3,(H,23,26)(H,24,27)/t17-/m1/s1. The molecule has 2 N–H and O–H groups in total. The van der Waals surface area contributed by atoms with Crippen LogP contribution in [0.25, 0.3) is 0 Å². The molecule has 2 aromatic heterocycles. The summed E-state index contributed by atoms with van der Waals surface area (Å²) in [5, 5.41) is 9.39. The first-order chi connectivity index (χ1) is 14.2. The van der Waals surface area contributed by atoms with Crippen molar-refractivity contribution < 1.29 is 18.8 Å². The number of ether oxygens (including phenoxy) is 1. The highest BCUT2D eigenvalue weighted by molar-refractivity contribution is 6.07. The van der Waals surface area contributed by atoms with Crippen molar-refractivity contribution in [2.45, 2.75) is 32.5 Å². The molecule has 0 fully saturated rings. The lowest BCUT2D eigenvalue weighted by Gasteiger charge is -2.21. The number of amides is 2. The van der Waals surface area contributed by atoms with Crippen molar-refractivity contribution in [2.24, 2.45) is 0 Å². The van der Waals surface area contributed by atoms with Gasteiger partial charge in [0.25, 0.3) is 11.8 Å².